The molecule has 6 heteroatoms. The summed E-state index contributed by atoms with van der Waals surface area (Å²) in [7, 11) is 0. The molecule has 2 fully saturated rings. The summed E-state index contributed by atoms with van der Waals surface area (Å²) in [6, 6.07) is 0. The first-order valence-electron chi connectivity index (χ1n) is 9.54. The van der Waals surface area contributed by atoms with Crippen LogP contribution in [-0.4, -0.2) is 53.3 Å². The zero-order chi connectivity index (χ0) is 16.5. The summed E-state index contributed by atoms with van der Waals surface area (Å²) in [6.45, 7) is 9.09. The van der Waals surface area contributed by atoms with Crippen molar-refractivity contribution < 1.29 is 4.79 Å². The molecule has 3 heterocycles. The first-order valence-corrected chi connectivity index (χ1v) is 9.54. The second kappa shape index (κ2) is 6.84. The number of carbonyl (C=O) groups excluding carboxylic acids is 1. The van der Waals surface area contributed by atoms with E-state index in [0.717, 1.165) is 63.7 Å². The van der Waals surface area contributed by atoms with Crippen molar-refractivity contribution >= 4 is 5.91 Å². The van der Waals surface area contributed by atoms with Crippen molar-refractivity contribution in [2.75, 3.05) is 32.7 Å². The van der Waals surface area contributed by atoms with E-state index in [4.69, 9.17) is 5.10 Å². The van der Waals surface area contributed by atoms with Gasteiger partial charge in [0.15, 0.2) is 5.69 Å². The highest BCUT2D eigenvalue weighted by Gasteiger charge is 2.29. The van der Waals surface area contributed by atoms with Crippen LogP contribution in [0.25, 0.3) is 0 Å². The fourth-order valence-corrected chi connectivity index (χ4v) is 3.99. The minimum Gasteiger partial charge on any atom is -0.350 e. The van der Waals surface area contributed by atoms with Crippen molar-refractivity contribution in [2.45, 2.75) is 45.7 Å². The number of nitrogens with one attached hydrogen (secondary N) is 2. The Morgan fingerprint density at radius 1 is 1.33 bits per heavy atom. The zero-order valence-corrected chi connectivity index (χ0v) is 14.7. The third kappa shape index (κ3) is 3.35. The largest absolute Gasteiger partial charge is 0.350 e. The fourth-order valence-electron chi connectivity index (χ4n) is 3.99. The molecule has 1 aromatic rings. The highest BCUT2D eigenvalue weighted by molar-refractivity contribution is 5.94. The lowest BCUT2D eigenvalue weighted by Crippen LogP contribution is -2.32. The van der Waals surface area contributed by atoms with E-state index in [1.807, 2.05) is 0 Å². The molecule has 1 aliphatic carbocycles. The Balaban J connectivity index is 1.42. The molecule has 3 aliphatic rings. The molecule has 1 atom stereocenters. The lowest BCUT2D eigenvalue weighted by molar-refractivity contribution is 0.0940. The van der Waals surface area contributed by atoms with Crippen LogP contribution in [-0.2, 0) is 19.5 Å². The first kappa shape index (κ1) is 16.1. The normalized spacial score (nSPS) is 24.1. The second-order valence-electron chi connectivity index (χ2n) is 7.58. The monoisotopic (exact) mass is 331 g/mol. The van der Waals surface area contributed by atoms with Crippen LogP contribution in [0, 0.1) is 11.8 Å². The summed E-state index contributed by atoms with van der Waals surface area (Å²) < 4.78 is 2.12. The van der Waals surface area contributed by atoms with Crippen LogP contribution in [0.15, 0.2) is 0 Å². The molecule has 0 spiro atoms. The minimum atomic E-state index is 0.0134. The number of aromatic nitrogens is 2. The summed E-state index contributed by atoms with van der Waals surface area (Å²) in [5, 5.41) is 11.2. The molecule has 0 aromatic carbocycles. The number of hydrogen-bond acceptors (Lipinski definition) is 4. The van der Waals surface area contributed by atoms with Crippen LogP contribution in [0.5, 0.6) is 0 Å². The maximum Gasteiger partial charge on any atom is 0.272 e. The van der Waals surface area contributed by atoms with Crippen molar-refractivity contribution in [3.8, 4) is 0 Å². The third-order valence-corrected chi connectivity index (χ3v) is 5.72. The van der Waals surface area contributed by atoms with Gasteiger partial charge in [-0.2, -0.15) is 5.10 Å². The van der Waals surface area contributed by atoms with Crippen LogP contribution < -0.4 is 10.6 Å². The molecule has 1 saturated heterocycles. The molecular weight excluding hydrogens is 302 g/mol. The number of rotatable bonds is 6. The smallest absolute Gasteiger partial charge is 0.272 e. The number of hydrogen-bond donors (Lipinski definition) is 2. The van der Waals surface area contributed by atoms with Gasteiger partial charge in [0.25, 0.3) is 5.91 Å². The van der Waals surface area contributed by atoms with Gasteiger partial charge in [0.2, 0.25) is 0 Å². The van der Waals surface area contributed by atoms with Crippen LogP contribution in [0.1, 0.15) is 47.9 Å². The predicted molar refractivity (Wildman–Crippen MR) is 92.9 cm³/mol. The Morgan fingerprint density at radius 3 is 2.96 bits per heavy atom. The summed E-state index contributed by atoms with van der Waals surface area (Å²) in [5.41, 5.74) is 3.06. The van der Waals surface area contributed by atoms with E-state index in [9.17, 15) is 4.79 Å². The van der Waals surface area contributed by atoms with Gasteiger partial charge in [0.1, 0.15) is 0 Å². The number of nitrogens with zero attached hydrogens (tertiary/aromatic N) is 3. The molecule has 6 nitrogen and oxygen atoms in total. The summed E-state index contributed by atoms with van der Waals surface area (Å²) in [5.74, 6) is 1.37. The first-order chi connectivity index (χ1) is 11.7. The van der Waals surface area contributed by atoms with E-state index in [1.54, 1.807) is 0 Å². The van der Waals surface area contributed by atoms with Crippen LogP contribution in [0.3, 0.4) is 0 Å². The summed E-state index contributed by atoms with van der Waals surface area (Å²) in [4.78, 5) is 15.2. The molecule has 0 bridgehead atoms. The van der Waals surface area contributed by atoms with Gasteiger partial charge in [-0.15, -0.1) is 0 Å². The Hall–Kier alpha value is -1.40. The molecule has 4 rings (SSSR count). The second-order valence-corrected chi connectivity index (χ2v) is 7.58. The third-order valence-electron chi connectivity index (χ3n) is 5.72. The predicted octanol–water partition coefficient (Wildman–Crippen LogP) is 1.01. The zero-order valence-electron chi connectivity index (χ0n) is 14.7. The standard InChI is InChI=1S/C18H29N5O/c1-2-22-8-6-14(11-22)9-20-18(24)17-15-10-19-7-5-16(15)23(21-17)12-13-3-4-13/h13-14,19H,2-12H2,1H3,(H,20,24). The Bertz CT molecular complexity index is 607. The molecule has 2 N–H and O–H groups in total. The molecule has 24 heavy (non-hydrogen) atoms. The van der Waals surface area contributed by atoms with Crippen molar-refractivity contribution in [2.24, 2.45) is 11.8 Å². The van der Waals surface area contributed by atoms with Crippen molar-refractivity contribution in [1.29, 1.82) is 0 Å². The molecule has 0 radical (unpaired) electrons. The maximum atomic E-state index is 12.7. The minimum absolute atomic E-state index is 0.0134. The highest BCUT2D eigenvalue weighted by atomic mass is 16.2. The van der Waals surface area contributed by atoms with Gasteiger partial charge in [-0.1, -0.05) is 6.92 Å². The quantitative estimate of drug-likeness (QED) is 0.817. The lowest BCUT2D eigenvalue weighted by atomic mass is 10.1. The molecule has 2 aliphatic heterocycles. The van der Waals surface area contributed by atoms with Gasteiger partial charge in [-0.05, 0) is 44.2 Å². The van der Waals surface area contributed by atoms with Crippen molar-refractivity contribution in [3.63, 3.8) is 0 Å². The Labute approximate surface area is 144 Å². The van der Waals surface area contributed by atoms with Gasteiger partial charge >= 0.3 is 0 Å². The topological polar surface area (TPSA) is 62.2 Å². The molecule has 1 unspecified atom stereocenters. The van der Waals surface area contributed by atoms with Gasteiger partial charge < -0.3 is 15.5 Å². The van der Waals surface area contributed by atoms with E-state index in [2.05, 4.69) is 27.1 Å². The average molecular weight is 331 g/mol. The van der Waals surface area contributed by atoms with Crippen LogP contribution in [0.2, 0.25) is 0 Å². The van der Waals surface area contributed by atoms with E-state index in [-0.39, 0.29) is 5.91 Å². The van der Waals surface area contributed by atoms with E-state index in [1.165, 1.54) is 25.0 Å². The van der Waals surface area contributed by atoms with Crippen molar-refractivity contribution in [3.05, 3.63) is 17.0 Å². The number of likely N-dealkylation sites (tertiary alicyclic amines) is 1. The summed E-state index contributed by atoms with van der Waals surface area (Å²) >= 11 is 0. The average Bonchev–Trinajstić information content (AvgIpc) is 3.18. The summed E-state index contributed by atoms with van der Waals surface area (Å²) in [6.07, 6.45) is 4.79. The van der Waals surface area contributed by atoms with Gasteiger partial charge in [0.05, 0.1) is 0 Å². The molecule has 132 valence electrons. The Morgan fingerprint density at radius 2 is 2.21 bits per heavy atom. The SMILES string of the molecule is CCN1CCC(CNC(=O)c2nn(CC3CC3)c3c2CNCC3)C1. The van der Waals surface area contributed by atoms with Crippen molar-refractivity contribution in [1.82, 2.24) is 25.3 Å². The molecule has 1 saturated carbocycles. The fraction of sp³-hybridized carbons (Fsp3) is 0.778. The Kier molecular flexibility index (Phi) is 4.59. The van der Waals surface area contributed by atoms with E-state index < -0.39 is 0 Å². The number of amides is 1. The molecular formula is C18H29N5O. The van der Waals surface area contributed by atoms with Crippen LogP contribution >= 0.6 is 0 Å². The number of fused-ring (bicyclic) bond motifs is 1. The molecule has 1 amide bonds. The molecule has 1 aromatic heterocycles. The number of carbonyl (C=O) groups is 1. The lowest BCUT2D eigenvalue weighted by Gasteiger charge is -2.16. The van der Waals surface area contributed by atoms with Gasteiger partial charge in [-0.3, -0.25) is 9.48 Å². The van der Waals surface area contributed by atoms with Crippen LogP contribution in [0.4, 0.5) is 0 Å². The van der Waals surface area contributed by atoms with E-state index >= 15 is 0 Å². The van der Waals surface area contributed by atoms with Gasteiger partial charge in [-0.25, -0.2) is 0 Å². The highest BCUT2D eigenvalue weighted by Crippen LogP contribution is 2.32. The maximum absolute atomic E-state index is 12.7. The van der Waals surface area contributed by atoms with E-state index in [0.29, 0.717) is 11.6 Å². The van der Waals surface area contributed by atoms with Gasteiger partial charge in [0, 0.05) is 50.4 Å².